The summed E-state index contributed by atoms with van der Waals surface area (Å²) in [7, 11) is 0. The van der Waals surface area contributed by atoms with Crippen LogP contribution < -0.4 is 5.73 Å². The van der Waals surface area contributed by atoms with Crippen molar-refractivity contribution in [3.63, 3.8) is 0 Å². The van der Waals surface area contributed by atoms with Crippen molar-refractivity contribution in [1.29, 1.82) is 0 Å². The quantitative estimate of drug-likeness (QED) is 0.663. The third-order valence-corrected chi connectivity index (χ3v) is 1.89. The third-order valence-electron chi connectivity index (χ3n) is 1.89. The minimum Gasteiger partial charge on any atom is -0.481 e. The fourth-order valence-corrected chi connectivity index (χ4v) is 1.37. The lowest BCUT2D eigenvalue weighted by atomic mass is 10.1. The van der Waals surface area contributed by atoms with Crippen LogP contribution in [0.15, 0.2) is 0 Å². The lowest BCUT2D eigenvalue weighted by Gasteiger charge is -2.25. The molecular weight excluding hydrogens is 168 g/mol. The number of hydrogen-bond donors (Lipinski definition) is 2. The zero-order valence-corrected chi connectivity index (χ0v) is 8.33. The van der Waals surface area contributed by atoms with E-state index in [1.165, 1.54) is 32.4 Å². The molecule has 1 fully saturated rings. The molecule has 0 bridgehead atoms. The van der Waals surface area contributed by atoms with Gasteiger partial charge < -0.3 is 15.7 Å². The van der Waals surface area contributed by atoms with Crippen LogP contribution in [0.2, 0.25) is 0 Å². The number of nitrogens with zero attached hydrogens (tertiary/aromatic N) is 1. The zero-order chi connectivity index (χ0) is 10.1. The Morgan fingerprint density at radius 2 is 1.85 bits per heavy atom. The van der Waals surface area contributed by atoms with E-state index >= 15 is 0 Å². The van der Waals surface area contributed by atoms with Crippen LogP contribution in [0.1, 0.15) is 26.2 Å². The molecule has 1 heterocycles. The van der Waals surface area contributed by atoms with Crippen molar-refractivity contribution in [2.45, 2.75) is 26.2 Å². The number of carbonyl (C=O) groups is 1. The fourth-order valence-electron chi connectivity index (χ4n) is 1.37. The average Bonchev–Trinajstić information content (AvgIpc) is 2.06. The monoisotopic (exact) mass is 188 g/mol. The number of carboxylic acid groups (broad SMARTS) is 1. The highest BCUT2D eigenvalue weighted by Gasteiger charge is 2.07. The van der Waals surface area contributed by atoms with Crippen molar-refractivity contribution in [3.05, 3.63) is 0 Å². The number of carboxylic acids is 1. The van der Waals surface area contributed by atoms with Crippen molar-refractivity contribution in [1.82, 2.24) is 4.90 Å². The Hall–Kier alpha value is -0.610. The van der Waals surface area contributed by atoms with Gasteiger partial charge in [-0.3, -0.25) is 4.79 Å². The van der Waals surface area contributed by atoms with Gasteiger partial charge in [0.25, 0.3) is 5.97 Å². The molecule has 0 radical (unpaired) electrons. The molecule has 1 aliphatic rings. The summed E-state index contributed by atoms with van der Waals surface area (Å²) in [5.74, 6) is -0.833. The smallest absolute Gasteiger partial charge is 0.300 e. The molecule has 3 N–H and O–H groups in total. The number of piperidine rings is 1. The van der Waals surface area contributed by atoms with Gasteiger partial charge in [-0.05, 0) is 25.9 Å². The van der Waals surface area contributed by atoms with Gasteiger partial charge in [-0.2, -0.15) is 0 Å². The molecule has 0 saturated carbocycles. The number of rotatable bonds is 2. The number of nitrogens with two attached hydrogens (primary N) is 1. The molecule has 0 aromatic carbocycles. The molecule has 78 valence electrons. The SMILES string of the molecule is CC(=O)O.NCCN1CCCCC1. The first-order valence-corrected chi connectivity index (χ1v) is 4.78. The van der Waals surface area contributed by atoms with E-state index < -0.39 is 5.97 Å². The van der Waals surface area contributed by atoms with E-state index in [9.17, 15) is 0 Å². The molecule has 0 atom stereocenters. The van der Waals surface area contributed by atoms with Gasteiger partial charge in [-0.15, -0.1) is 0 Å². The van der Waals surface area contributed by atoms with Crippen LogP contribution in [0.25, 0.3) is 0 Å². The Labute approximate surface area is 79.7 Å². The van der Waals surface area contributed by atoms with E-state index in [0.717, 1.165) is 20.0 Å². The molecule has 13 heavy (non-hydrogen) atoms. The van der Waals surface area contributed by atoms with E-state index in [1.54, 1.807) is 0 Å². The van der Waals surface area contributed by atoms with Crippen molar-refractivity contribution < 1.29 is 9.90 Å². The predicted molar refractivity (Wildman–Crippen MR) is 52.7 cm³/mol. The maximum Gasteiger partial charge on any atom is 0.300 e. The van der Waals surface area contributed by atoms with Crippen LogP contribution in [-0.4, -0.2) is 42.2 Å². The van der Waals surface area contributed by atoms with Gasteiger partial charge in [0.1, 0.15) is 0 Å². The average molecular weight is 188 g/mol. The van der Waals surface area contributed by atoms with E-state index in [1.807, 2.05) is 0 Å². The van der Waals surface area contributed by atoms with Crippen LogP contribution in [0.5, 0.6) is 0 Å². The largest absolute Gasteiger partial charge is 0.481 e. The van der Waals surface area contributed by atoms with Gasteiger partial charge in [-0.25, -0.2) is 0 Å². The van der Waals surface area contributed by atoms with Gasteiger partial charge in [0.15, 0.2) is 0 Å². The molecule has 0 aliphatic carbocycles. The molecule has 0 unspecified atom stereocenters. The van der Waals surface area contributed by atoms with Crippen LogP contribution in [0.3, 0.4) is 0 Å². The van der Waals surface area contributed by atoms with E-state index in [2.05, 4.69) is 4.90 Å². The van der Waals surface area contributed by atoms with Crippen LogP contribution >= 0.6 is 0 Å². The van der Waals surface area contributed by atoms with Gasteiger partial charge in [0, 0.05) is 20.0 Å². The Bertz CT molecular complexity index is 127. The minimum atomic E-state index is -0.833. The van der Waals surface area contributed by atoms with Gasteiger partial charge in [-0.1, -0.05) is 6.42 Å². The summed E-state index contributed by atoms with van der Waals surface area (Å²) in [6, 6.07) is 0. The van der Waals surface area contributed by atoms with Crippen LogP contribution in [0.4, 0.5) is 0 Å². The highest BCUT2D eigenvalue weighted by molar-refractivity contribution is 5.62. The summed E-state index contributed by atoms with van der Waals surface area (Å²) < 4.78 is 0. The molecule has 4 heteroatoms. The second kappa shape index (κ2) is 8.01. The summed E-state index contributed by atoms with van der Waals surface area (Å²) >= 11 is 0. The summed E-state index contributed by atoms with van der Waals surface area (Å²) in [5.41, 5.74) is 5.42. The van der Waals surface area contributed by atoms with E-state index in [4.69, 9.17) is 15.6 Å². The van der Waals surface area contributed by atoms with E-state index in [0.29, 0.717) is 0 Å². The Kier molecular flexibility index (Phi) is 7.63. The highest BCUT2D eigenvalue weighted by atomic mass is 16.4. The van der Waals surface area contributed by atoms with Crippen molar-refractivity contribution in [2.24, 2.45) is 5.73 Å². The molecule has 1 aliphatic heterocycles. The lowest BCUT2D eigenvalue weighted by Crippen LogP contribution is -2.33. The molecule has 4 nitrogen and oxygen atoms in total. The van der Waals surface area contributed by atoms with Gasteiger partial charge in [0.2, 0.25) is 0 Å². The lowest BCUT2D eigenvalue weighted by molar-refractivity contribution is -0.134. The highest BCUT2D eigenvalue weighted by Crippen LogP contribution is 2.06. The molecule has 0 amide bonds. The standard InChI is InChI=1S/C7H16N2.C2H4O2/c8-4-7-9-5-2-1-3-6-9;1-2(3)4/h1-8H2;1H3,(H,3,4). The molecule has 0 aromatic heterocycles. The number of hydrogen-bond acceptors (Lipinski definition) is 3. The summed E-state index contributed by atoms with van der Waals surface area (Å²) in [6.45, 7) is 5.55. The first-order chi connectivity index (χ1) is 6.16. The first kappa shape index (κ1) is 12.4. The second-order valence-electron chi connectivity index (χ2n) is 3.21. The normalized spacial score (nSPS) is 17.4. The Balaban J connectivity index is 0.000000310. The molecule has 1 saturated heterocycles. The minimum absolute atomic E-state index is 0.819. The van der Waals surface area contributed by atoms with Crippen molar-refractivity contribution in [2.75, 3.05) is 26.2 Å². The summed E-state index contributed by atoms with van der Waals surface area (Å²) in [4.78, 5) is 11.4. The van der Waals surface area contributed by atoms with E-state index in [-0.39, 0.29) is 0 Å². The van der Waals surface area contributed by atoms with Gasteiger partial charge in [0.05, 0.1) is 0 Å². The predicted octanol–water partition coefficient (Wildman–Crippen LogP) is 0.522. The topological polar surface area (TPSA) is 66.6 Å². The zero-order valence-electron chi connectivity index (χ0n) is 8.33. The maximum atomic E-state index is 9.00. The molecule has 0 aromatic rings. The summed E-state index contributed by atoms with van der Waals surface area (Å²) in [5, 5.41) is 7.42. The fraction of sp³-hybridized carbons (Fsp3) is 0.889. The summed E-state index contributed by atoms with van der Waals surface area (Å²) in [6.07, 6.45) is 4.17. The number of aliphatic carboxylic acids is 1. The number of likely N-dealkylation sites (tertiary alicyclic amines) is 1. The van der Waals surface area contributed by atoms with Crippen LogP contribution in [0, 0.1) is 0 Å². The maximum absolute atomic E-state index is 9.00. The Morgan fingerprint density at radius 3 is 2.23 bits per heavy atom. The second-order valence-corrected chi connectivity index (χ2v) is 3.21. The molecule has 0 spiro atoms. The van der Waals surface area contributed by atoms with Crippen LogP contribution in [-0.2, 0) is 4.79 Å². The first-order valence-electron chi connectivity index (χ1n) is 4.78. The third kappa shape index (κ3) is 9.30. The van der Waals surface area contributed by atoms with Gasteiger partial charge >= 0.3 is 0 Å². The molecular formula is C9H20N2O2. The Morgan fingerprint density at radius 1 is 1.38 bits per heavy atom. The van der Waals surface area contributed by atoms with Crippen molar-refractivity contribution in [3.8, 4) is 0 Å². The molecule has 1 rings (SSSR count). The van der Waals surface area contributed by atoms with Crippen molar-refractivity contribution >= 4 is 5.97 Å².